The number of hydrogen-bond donors (Lipinski definition) is 3. The van der Waals surface area contributed by atoms with Crippen molar-refractivity contribution in [1.82, 2.24) is 15.0 Å². The molecule has 5 nitrogen and oxygen atoms in total. The van der Waals surface area contributed by atoms with Crippen molar-refractivity contribution in [3.8, 4) is 6.01 Å². The minimum Gasteiger partial charge on any atom is -0.479 e. The second kappa shape index (κ2) is 2.06. The van der Waals surface area contributed by atoms with E-state index < -0.39 is 6.01 Å². The van der Waals surface area contributed by atoms with Crippen LogP contribution in [0.3, 0.4) is 0 Å². The largest absolute Gasteiger partial charge is 0.479 e. The number of nitrogens with zero attached hydrogens (tertiary/aromatic N) is 3. The molecule has 3 N–H and O–H groups in total. The van der Waals surface area contributed by atoms with Crippen LogP contribution in [0.2, 0.25) is 0 Å². The monoisotopic (exact) mass is 144 g/mol. The molecule has 0 aromatic carbocycles. The molecule has 0 saturated heterocycles. The minimum absolute atomic E-state index is 0.0347. The van der Waals surface area contributed by atoms with Crippen LogP contribution in [0.25, 0.3) is 0 Å². The highest BCUT2D eigenvalue weighted by molar-refractivity contribution is 7.80. The van der Waals surface area contributed by atoms with E-state index in [1.165, 1.54) is 0 Å². The Hall–Kier alpha value is -1.04. The van der Waals surface area contributed by atoms with E-state index in [1.807, 2.05) is 0 Å². The van der Waals surface area contributed by atoms with Gasteiger partial charge in [-0.2, -0.15) is 15.0 Å². The van der Waals surface area contributed by atoms with Crippen molar-refractivity contribution >= 4 is 18.6 Å². The van der Waals surface area contributed by atoms with E-state index in [4.69, 9.17) is 10.8 Å². The van der Waals surface area contributed by atoms with Crippen LogP contribution in [-0.2, 0) is 0 Å². The van der Waals surface area contributed by atoms with E-state index in [0.717, 1.165) is 0 Å². The molecule has 0 saturated carbocycles. The smallest absolute Gasteiger partial charge is 0.319 e. The Labute approximate surface area is 56.4 Å². The van der Waals surface area contributed by atoms with Gasteiger partial charge < -0.3 is 10.8 Å². The van der Waals surface area contributed by atoms with Crippen LogP contribution in [0, 0.1) is 0 Å². The summed E-state index contributed by atoms with van der Waals surface area (Å²) in [5.74, 6) is -0.0347. The van der Waals surface area contributed by atoms with E-state index in [1.54, 1.807) is 0 Å². The maximum atomic E-state index is 8.60. The van der Waals surface area contributed by atoms with Gasteiger partial charge in [0.1, 0.15) is 0 Å². The summed E-state index contributed by atoms with van der Waals surface area (Å²) in [5, 5.41) is 8.71. The molecule has 0 aliphatic heterocycles. The van der Waals surface area contributed by atoms with E-state index in [-0.39, 0.29) is 11.1 Å². The molecule has 0 spiro atoms. The van der Waals surface area contributed by atoms with Crippen LogP contribution in [0.15, 0.2) is 5.16 Å². The van der Waals surface area contributed by atoms with E-state index in [9.17, 15) is 0 Å². The number of aromatic nitrogens is 3. The maximum Gasteiger partial charge on any atom is 0.319 e. The number of aromatic hydroxyl groups is 1. The van der Waals surface area contributed by atoms with Gasteiger partial charge in [0.2, 0.25) is 5.95 Å². The lowest BCUT2D eigenvalue weighted by Gasteiger charge is -1.91. The van der Waals surface area contributed by atoms with Gasteiger partial charge in [0, 0.05) is 0 Å². The molecule has 0 amide bonds. The molecule has 0 unspecified atom stereocenters. The molecule has 48 valence electrons. The lowest BCUT2D eigenvalue weighted by Crippen LogP contribution is -1.96. The van der Waals surface area contributed by atoms with E-state index in [2.05, 4.69) is 27.6 Å². The molecule has 9 heavy (non-hydrogen) atoms. The molecule has 6 heteroatoms. The average Bonchev–Trinajstić information content (AvgIpc) is 1.59. The molecular formula is C3H4N4OS. The first-order chi connectivity index (χ1) is 4.18. The van der Waals surface area contributed by atoms with Crippen LogP contribution in [0.5, 0.6) is 6.01 Å². The fraction of sp³-hybridized carbons (Fsp3) is 0. The summed E-state index contributed by atoms with van der Waals surface area (Å²) in [6.45, 7) is 0. The molecule has 0 bridgehead atoms. The third-order valence-electron chi connectivity index (χ3n) is 0.629. The highest BCUT2D eigenvalue weighted by atomic mass is 32.1. The second-order valence-electron chi connectivity index (χ2n) is 1.29. The zero-order valence-electron chi connectivity index (χ0n) is 4.31. The predicted molar refractivity (Wildman–Crippen MR) is 33.2 cm³/mol. The van der Waals surface area contributed by atoms with Crippen LogP contribution in [0.1, 0.15) is 0 Å². The van der Waals surface area contributed by atoms with Crippen molar-refractivity contribution in [3.63, 3.8) is 0 Å². The second-order valence-corrected chi connectivity index (χ2v) is 1.69. The first kappa shape index (κ1) is 6.09. The summed E-state index contributed by atoms with van der Waals surface area (Å²) in [7, 11) is 0. The number of nitrogen functional groups attached to an aromatic ring is 1. The third kappa shape index (κ3) is 1.43. The van der Waals surface area contributed by atoms with Crippen LogP contribution in [-0.4, -0.2) is 20.1 Å². The molecule has 0 fully saturated rings. The van der Waals surface area contributed by atoms with Gasteiger partial charge in [-0.15, -0.1) is 12.6 Å². The lowest BCUT2D eigenvalue weighted by atomic mass is 10.9. The number of anilines is 1. The average molecular weight is 144 g/mol. The quantitative estimate of drug-likeness (QED) is 0.425. The molecule has 0 atom stereocenters. The van der Waals surface area contributed by atoms with E-state index >= 15 is 0 Å². The minimum atomic E-state index is -0.410. The van der Waals surface area contributed by atoms with Gasteiger partial charge in [0.25, 0.3) is 0 Å². The van der Waals surface area contributed by atoms with Crippen LogP contribution < -0.4 is 5.73 Å². The van der Waals surface area contributed by atoms with Gasteiger partial charge in [-0.25, -0.2) is 0 Å². The van der Waals surface area contributed by atoms with Gasteiger partial charge in [-0.3, -0.25) is 0 Å². The molecule has 0 aliphatic rings. The number of thiol groups is 1. The summed E-state index contributed by atoms with van der Waals surface area (Å²) in [6.07, 6.45) is 0. The van der Waals surface area contributed by atoms with Gasteiger partial charge in [-0.1, -0.05) is 0 Å². The molecule has 0 aliphatic carbocycles. The highest BCUT2D eigenvalue weighted by Gasteiger charge is 1.95. The fourth-order valence-electron chi connectivity index (χ4n) is 0.369. The Morgan fingerprint density at radius 1 is 1.33 bits per heavy atom. The molecule has 1 aromatic rings. The lowest BCUT2D eigenvalue weighted by molar-refractivity contribution is 0.422. The van der Waals surface area contributed by atoms with Gasteiger partial charge in [-0.05, 0) is 0 Å². The zero-order chi connectivity index (χ0) is 6.85. The summed E-state index contributed by atoms with van der Waals surface area (Å²) >= 11 is 3.72. The van der Waals surface area contributed by atoms with Crippen molar-refractivity contribution < 1.29 is 5.11 Å². The first-order valence-corrected chi connectivity index (χ1v) is 2.52. The molecule has 1 aromatic heterocycles. The molecular weight excluding hydrogens is 140 g/mol. The Morgan fingerprint density at radius 2 is 2.00 bits per heavy atom. The normalized spacial score (nSPS) is 9.44. The molecule has 1 heterocycles. The highest BCUT2D eigenvalue weighted by Crippen LogP contribution is 2.04. The maximum absolute atomic E-state index is 8.60. The van der Waals surface area contributed by atoms with Gasteiger partial charge >= 0.3 is 6.01 Å². The fourth-order valence-corrected chi connectivity index (χ4v) is 0.561. The van der Waals surface area contributed by atoms with Crippen molar-refractivity contribution in [2.45, 2.75) is 5.16 Å². The summed E-state index contributed by atoms with van der Waals surface area (Å²) < 4.78 is 0. The van der Waals surface area contributed by atoms with Crippen molar-refractivity contribution in [3.05, 3.63) is 0 Å². The SMILES string of the molecule is Nc1nc(O)nc(S)n1. The molecule has 1 rings (SSSR count). The van der Waals surface area contributed by atoms with Crippen molar-refractivity contribution in [2.24, 2.45) is 0 Å². The summed E-state index contributed by atoms with van der Waals surface area (Å²) in [4.78, 5) is 10.1. The zero-order valence-corrected chi connectivity index (χ0v) is 5.21. The Balaban J connectivity index is 3.17. The van der Waals surface area contributed by atoms with Crippen molar-refractivity contribution in [2.75, 3.05) is 5.73 Å². The summed E-state index contributed by atoms with van der Waals surface area (Å²) in [5.41, 5.74) is 5.09. The Bertz CT molecular complexity index is 177. The number of hydrogen-bond acceptors (Lipinski definition) is 6. The Morgan fingerprint density at radius 3 is 2.44 bits per heavy atom. The molecule has 0 radical (unpaired) electrons. The topological polar surface area (TPSA) is 84.9 Å². The van der Waals surface area contributed by atoms with Crippen LogP contribution >= 0.6 is 12.6 Å². The van der Waals surface area contributed by atoms with Gasteiger partial charge in [0.05, 0.1) is 0 Å². The first-order valence-electron chi connectivity index (χ1n) is 2.08. The summed E-state index contributed by atoms with van der Waals surface area (Å²) in [6, 6.07) is -0.410. The van der Waals surface area contributed by atoms with E-state index in [0.29, 0.717) is 0 Å². The van der Waals surface area contributed by atoms with Crippen LogP contribution in [0.4, 0.5) is 5.95 Å². The van der Waals surface area contributed by atoms with Gasteiger partial charge in [0.15, 0.2) is 5.16 Å². The number of rotatable bonds is 0. The Kier molecular flexibility index (Phi) is 1.39. The third-order valence-corrected chi connectivity index (χ3v) is 0.829. The standard InChI is InChI=1S/C3H4N4OS/c4-1-5-2(8)7-3(9)6-1/h(H4,4,5,6,7,8,9). The number of nitrogens with two attached hydrogens (primary N) is 1. The van der Waals surface area contributed by atoms with Crippen molar-refractivity contribution in [1.29, 1.82) is 0 Å². The predicted octanol–water partition coefficient (Wildman–Crippen LogP) is -0.552.